The monoisotopic (exact) mass is 483 g/mol. The molecule has 34 heavy (non-hydrogen) atoms. The van der Waals surface area contributed by atoms with Crippen LogP contribution in [0, 0.1) is 5.82 Å². The van der Waals surface area contributed by atoms with Crippen molar-refractivity contribution in [3.8, 4) is 11.4 Å². The van der Waals surface area contributed by atoms with Gasteiger partial charge in [-0.15, -0.1) is 0 Å². The van der Waals surface area contributed by atoms with Crippen LogP contribution < -0.4 is 9.72 Å². The maximum absolute atomic E-state index is 14.6. The van der Waals surface area contributed by atoms with Crippen molar-refractivity contribution in [2.75, 3.05) is 0 Å². The molecule has 1 amide bonds. The fourth-order valence-electron chi connectivity index (χ4n) is 3.41. The number of nitrogens with one attached hydrogen (secondary N) is 2. The van der Waals surface area contributed by atoms with Gasteiger partial charge in [0.25, 0.3) is 11.7 Å². The summed E-state index contributed by atoms with van der Waals surface area (Å²) >= 11 is 0. The number of amides is 1. The molecule has 0 spiro atoms. The zero-order valence-electron chi connectivity index (χ0n) is 16.9. The Kier molecular flexibility index (Phi) is 5.75. The molecule has 1 atom stereocenters. The highest BCUT2D eigenvalue weighted by molar-refractivity contribution is 5.98. The minimum atomic E-state index is -4.87. The van der Waals surface area contributed by atoms with E-state index in [1.165, 1.54) is 40.9 Å². The highest BCUT2D eigenvalue weighted by Gasteiger charge is 2.44. The Morgan fingerprint density at radius 1 is 1.00 bits per heavy atom. The molecule has 0 saturated heterocycles. The summed E-state index contributed by atoms with van der Waals surface area (Å²) < 4.78 is 95.5. The summed E-state index contributed by atoms with van der Waals surface area (Å²) in [6.07, 6.45) is -7.12. The number of H-pyrrole nitrogens is 1. The van der Waals surface area contributed by atoms with Crippen molar-refractivity contribution in [2.24, 2.45) is 0 Å². The van der Waals surface area contributed by atoms with Crippen molar-refractivity contribution in [1.29, 1.82) is 0 Å². The van der Waals surface area contributed by atoms with Crippen LogP contribution in [0.15, 0.2) is 67.0 Å². The summed E-state index contributed by atoms with van der Waals surface area (Å²) in [5, 5.41) is 1.88. The van der Waals surface area contributed by atoms with Crippen molar-refractivity contribution in [3.63, 3.8) is 0 Å². The molecule has 0 aliphatic heterocycles. The maximum atomic E-state index is 14.6. The number of fused-ring (bicyclic) bond motifs is 1. The van der Waals surface area contributed by atoms with E-state index in [4.69, 9.17) is 0 Å². The summed E-state index contributed by atoms with van der Waals surface area (Å²) in [7, 11) is 0. The number of halogens is 7. The number of alkyl halides is 6. The van der Waals surface area contributed by atoms with Crippen molar-refractivity contribution in [1.82, 2.24) is 15.3 Å². The van der Waals surface area contributed by atoms with Crippen LogP contribution in [0.3, 0.4) is 0 Å². The number of carbonyl (C=O) groups excluding carboxylic acids is 1. The number of benzene rings is 1. The van der Waals surface area contributed by atoms with Crippen LogP contribution in [-0.4, -0.2) is 22.1 Å². The molecule has 0 saturated carbocycles. The molecule has 176 valence electrons. The second kappa shape index (κ2) is 8.43. The fourth-order valence-corrected chi connectivity index (χ4v) is 3.41. The second-order valence-corrected chi connectivity index (χ2v) is 7.20. The lowest BCUT2D eigenvalue weighted by Gasteiger charge is -2.20. The van der Waals surface area contributed by atoms with Gasteiger partial charge in [-0.2, -0.15) is 30.7 Å². The van der Waals surface area contributed by atoms with E-state index in [0.717, 1.165) is 18.3 Å². The predicted octanol–water partition coefficient (Wildman–Crippen LogP) is 5.01. The molecule has 12 heteroatoms. The average molecular weight is 483 g/mol. The summed E-state index contributed by atoms with van der Waals surface area (Å²) in [6.45, 7) is 0. The molecule has 4 aromatic rings. The van der Waals surface area contributed by atoms with Gasteiger partial charge < -0.3 is 5.32 Å². The molecule has 0 bridgehead atoms. The Morgan fingerprint density at radius 3 is 2.35 bits per heavy atom. The Balaban J connectivity index is 1.77. The van der Waals surface area contributed by atoms with E-state index in [1.807, 2.05) is 5.32 Å². The van der Waals surface area contributed by atoms with Gasteiger partial charge in [-0.05, 0) is 42.5 Å². The van der Waals surface area contributed by atoms with Crippen LogP contribution in [0.1, 0.15) is 27.8 Å². The quantitative estimate of drug-likeness (QED) is 0.317. The molecular weight excluding hydrogens is 469 g/mol. The molecule has 0 radical (unpaired) electrons. The first-order valence-corrected chi connectivity index (χ1v) is 9.65. The van der Waals surface area contributed by atoms with E-state index in [2.05, 4.69) is 9.97 Å². The van der Waals surface area contributed by atoms with E-state index in [-0.39, 0.29) is 22.6 Å². The first-order valence-electron chi connectivity index (χ1n) is 9.65. The van der Waals surface area contributed by atoms with Gasteiger partial charge in [0.2, 0.25) is 5.69 Å². The Morgan fingerprint density at radius 2 is 1.74 bits per heavy atom. The SMILES string of the molecule is O=C(NC(c1ccccn1)C(F)(F)F)c1[nH]c(-c2ccc(C(F)(F)F)cc2F)[n+]2ccccc12. The van der Waals surface area contributed by atoms with Crippen LogP contribution in [0.5, 0.6) is 0 Å². The average Bonchev–Trinajstić information content (AvgIpc) is 3.16. The normalized spacial score (nSPS) is 13.1. The van der Waals surface area contributed by atoms with Gasteiger partial charge in [0, 0.05) is 6.20 Å². The summed E-state index contributed by atoms with van der Waals surface area (Å²) in [6, 6.07) is 7.63. The topological polar surface area (TPSA) is 61.9 Å². The molecule has 2 N–H and O–H groups in total. The molecular formula is C22H14F7N4O+. The Bertz CT molecular complexity index is 1350. The lowest BCUT2D eigenvalue weighted by Crippen LogP contribution is -2.39. The van der Waals surface area contributed by atoms with Crippen molar-refractivity contribution in [3.05, 3.63) is 89.8 Å². The molecule has 3 heterocycles. The predicted molar refractivity (Wildman–Crippen MR) is 105 cm³/mol. The third-order valence-corrected chi connectivity index (χ3v) is 4.97. The van der Waals surface area contributed by atoms with Crippen molar-refractivity contribution < 1.29 is 39.9 Å². The van der Waals surface area contributed by atoms with E-state index >= 15 is 0 Å². The molecule has 4 rings (SSSR count). The highest BCUT2D eigenvalue weighted by Crippen LogP contribution is 2.33. The van der Waals surface area contributed by atoms with Crippen molar-refractivity contribution in [2.45, 2.75) is 18.4 Å². The molecule has 1 aromatic carbocycles. The van der Waals surface area contributed by atoms with Gasteiger partial charge in [0.15, 0.2) is 11.6 Å². The third-order valence-electron chi connectivity index (χ3n) is 4.97. The van der Waals surface area contributed by atoms with Crippen molar-refractivity contribution >= 4 is 11.4 Å². The minimum Gasteiger partial charge on any atom is -0.332 e. The zero-order chi connectivity index (χ0) is 24.7. The number of rotatable bonds is 4. The van der Waals surface area contributed by atoms with E-state index in [0.29, 0.717) is 12.1 Å². The molecule has 3 aromatic heterocycles. The first-order chi connectivity index (χ1) is 16.0. The summed E-state index contributed by atoms with van der Waals surface area (Å²) in [5.41, 5.74) is -2.24. The summed E-state index contributed by atoms with van der Waals surface area (Å²) in [5.74, 6) is -2.54. The molecule has 0 fully saturated rings. The zero-order valence-corrected chi connectivity index (χ0v) is 16.9. The fraction of sp³-hybridized carbons (Fsp3) is 0.136. The summed E-state index contributed by atoms with van der Waals surface area (Å²) in [4.78, 5) is 19.1. The highest BCUT2D eigenvalue weighted by atomic mass is 19.4. The third kappa shape index (κ3) is 4.43. The van der Waals surface area contributed by atoms with E-state index < -0.39 is 41.4 Å². The molecule has 1 unspecified atom stereocenters. The number of hydrogen-bond acceptors (Lipinski definition) is 2. The number of aromatic nitrogens is 3. The van der Waals surface area contributed by atoms with E-state index in [1.54, 1.807) is 0 Å². The lowest BCUT2D eigenvalue weighted by molar-refractivity contribution is -0.498. The number of hydrogen-bond donors (Lipinski definition) is 2. The first kappa shape index (κ1) is 23.2. The molecule has 0 aliphatic carbocycles. The van der Waals surface area contributed by atoms with Gasteiger partial charge in [0.05, 0.1) is 17.5 Å². The minimum absolute atomic E-state index is 0.0799. The number of carbonyl (C=O) groups is 1. The van der Waals surface area contributed by atoms with Gasteiger partial charge in [-0.25, -0.2) is 9.37 Å². The standard InChI is InChI=1S/C22H13F7N4O/c23-14-11-12(21(24,25)26)7-8-13(14)19-31-17(16-6-2-4-10-33(16)19)20(34)32-18(22(27,28)29)15-5-1-3-9-30-15/h1-11,18H,(H,32,34)/p+1. The van der Waals surface area contributed by atoms with Crippen LogP contribution in [0.25, 0.3) is 16.9 Å². The Hall–Kier alpha value is -3.96. The Labute approximate surface area is 186 Å². The smallest absolute Gasteiger partial charge is 0.332 e. The number of pyridine rings is 2. The molecule has 0 aliphatic rings. The largest absolute Gasteiger partial charge is 0.416 e. The van der Waals surface area contributed by atoms with Crippen LogP contribution in [0.2, 0.25) is 0 Å². The molecule has 5 nitrogen and oxygen atoms in total. The lowest BCUT2D eigenvalue weighted by atomic mass is 10.1. The van der Waals surface area contributed by atoms with Crippen LogP contribution in [-0.2, 0) is 6.18 Å². The van der Waals surface area contributed by atoms with Gasteiger partial charge >= 0.3 is 12.4 Å². The van der Waals surface area contributed by atoms with Gasteiger partial charge in [0.1, 0.15) is 11.4 Å². The maximum Gasteiger partial charge on any atom is 0.416 e. The van der Waals surface area contributed by atoms with Crippen LogP contribution in [0.4, 0.5) is 30.7 Å². The number of aromatic amines is 1. The number of imidazole rings is 1. The number of nitrogens with zero attached hydrogens (tertiary/aromatic N) is 2. The van der Waals surface area contributed by atoms with Gasteiger partial charge in [-0.3, -0.25) is 9.78 Å². The van der Waals surface area contributed by atoms with E-state index in [9.17, 15) is 35.5 Å². The van der Waals surface area contributed by atoms with Crippen LogP contribution >= 0.6 is 0 Å². The van der Waals surface area contributed by atoms with Gasteiger partial charge in [-0.1, -0.05) is 12.1 Å². The second-order valence-electron chi connectivity index (χ2n) is 7.20.